The fraction of sp³-hybridized carbons (Fsp3) is 0.455. The van der Waals surface area contributed by atoms with E-state index in [9.17, 15) is 9.90 Å². The highest BCUT2D eigenvalue weighted by atomic mass is 32.1. The van der Waals surface area contributed by atoms with Crippen molar-refractivity contribution in [3.05, 3.63) is 40.8 Å². The van der Waals surface area contributed by atoms with Gasteiger partial charge in [0.15, 0.2) is 5.54 Å². The van der Waals surface area contributed by atoms with Gasteiger partial charge in [0.2, 0.25) is 0 Å². The number of nitrogens with two attached hydrogens (primary N) is 1. The molecule has 0 radical (unpaired) electrons. The van der Waals surface area contributed by atoms with Crippen molar-refractivity contribution in [2.45, 2.75) is 19.4 Å². The van der Waals surface area contributed by atoms with E-state index in [0.29, 0.717) is 13.1 Å². The zero-order valence-electron chi connectivity index (χ0n) is 17.9. The number of thiophene rings is 1. The van der Waals surface area contributed by atoms with Gasteiger partial charge in [-0.25, -0.2) is 9.79 Å². The van der Waals surface area contributed by atoms with Gasteiger partial charge in [-0.2, -0.15) is 0 Å². The van der Waals surface area contributed by atoms with Crippen LogP contribution in [0.1, 0.15) is 17.4 Å². The number of anilines is 2. The predicted molar refractivity (Wildman–Crippen MR) is 124 cm³/mol. The third-order valence-electron chi connectivity index (χ3n) is 5.62. The number of carbonyl (C=O) groups is 1. The molecule has 4 N–H and O–H groups in total. The molecule has 1 fully saturated rings. The van der Waals surface area contributed by atoms with Gasteiger partial charge in [-0.05, 0) is 32.0 Å². The number of esters is 1. The highest BCUT2D eigenvalue weighted by Crippen LogP contribution is 2.39. The van der Waals surface area contributed by atoms with Crippen LogP contribution in [0.25, 0.3) is 0 Å². The minimum Gasteiger partial charge on any atom is -0.465 e. The maximum atomic E-state index is 12.2. The summed E-state index contributed by atoms with van der Waals surface area (Å²) in [6.07, 6.45) is 0. The van der Waals surface area contributed by atoms with Crippen LogP contribution in [0.3, 0.4) is 0 Å². The van der Waals surface area contributed by atoms with Crippen LogP contribution in [0.15, 0.2) is 35.3 Å². The number of aliphatic hydroxyl groups is 1. The molecule has 2 aromatic rings. The van der Waals surface area contributed by atoms with Crippen LogP contribution in [-0.2, 0) is 9.53 Å². The molecule has 31 heavy (non-hydrogen) atoms. The molecule has 0 saturated carbocycles. The highest BCUT2D eigenvalue weighted by molar-refractivity contribution is 7.16. The van der Waals surface area contributed by atoms with Gasteiger partial charge in [0.25, 0.3) is 0 Å². The summed E-state index contributed by atoms with van der Waals surface area (Å²) in [5, 5.41) is 14.4. The van der Waals surface area contributed by atoms with Gasteiger partial charge >= 0.3 is 5.97 Å². The second kappa shape index (κ2) is 8.96. The lowest BCUT2D eigenvalue weighted by Crippen LogP contribution is -2.62. The molecule has 1 aromatic carbocycles. The molecule has 0 bridgehead atoms. The molecule has 2 aliphatic heterocycles. The maximum Gasteiger partial charge on any atom is 0.329 e. The Morgan fingerprint density at radius 3 is 2.77 bits per heavy atom. The smallest absolute Gasteiger partial charge is 0.329 e. The topological polar surface area (TPSA) is 103 Å². The quantitative estimate of drug-likeness (QED) is 0.608. The summed E-state index contributed by atoms with van der Waals surface area (Å²) >= 11 is 1.73. The number of aryl methyl sites for hydroxylation is 1. The number of rotatable bonds is 5. The SMILES string of the molecule is CCOC(=O)C(N)(CO)CN1CCN(C2=Nc3ccccc3Nc3sc(C)cc32)CC1. The van der Waals surface area contributed by atoms with Crippen molar-refractivity contribution in [2.24, 2.45) is 10.7 Å². The number of benzene rings is 1. The van der Waals surface area contributed by atoms with Crippen molar-refractivity contribution in [3.8, 4) is 0 Å². The third kappa shape index (κ3) is 4.45. The van der Waals surface area contributed by atoms with Gasteiger partial charge in [-0.15, -0.1) is 11.3 Å². The number of aliphatic hydroxyl groups excluding tert-OH is 1. The second-order valence-electron chi connectivity index (χ2n) is 7.98. The molecule has 1 unspecified atom stereocenters. The van der Waals surface area contributed by atoms with Gasteiger partial charge in [-0.1, -0.05) is 12.1 Å². The number of nitrogens with one attached hydrogen (secondary N) is 1. The average molecular weight is 444 g/mol. The number of aliphatic imine (C=N–C) groups is 1. The van der Waals surface area contributed by atoms with Crippen LogP contribution in [0.5, 0.6) is 0 Å². The van der Waals surface area contributed by atoms with Gasteiger partial charge in [-0.3, -0.25) is 4.90 Å². The van der Waals surface area contributed by atoms with Gasteiger partial charge in [0.05, 0.1) is 30.2 Å². The van der Waals surface area contributed by atoms with Crippen molar-refractivity contribution in [3.63, 3.8) is 0 Å². The van der Waals surface area contributed by atoms with Crippen LogP contribution in [0.2, 0.25) is 0 Å². The van der Waals surface area contributed by atoms with Gasteiger partial charge < -0.3 is 25.8 Å². The number of carbonyl (C=O) groups excluding carboxylic acids is 1. The number of amidine groups is 1. The minimum absolute atomic E-state index is 0.239. The van der Waals surface area contributed by atoms with E-state index >= 15 is 0 Å². The van der Waals surface area contributed by atoms with E-state index < -0.39 is 18.1 Å². The lowest BCUT2D eigenvalue weighted by molar-refractivity contribution is -0.152. The van der Waals surface area contributed by atoms with Gasteiger partial charge in [0, 0.05) is 37.6 Å². The van der Waals surface area contributed by atoms with E-state index in [1.54, 1.807) is 18.3 Å². The van der Waals surface area contributed by atoms with Crippen LogP contribution in [0, 0.1) is 6.92 Å². The fourth-order valence-corrected chi connectivity index (χ4v) is 4.88. The molecule has 0 spiro atoms. The Kier molecular flexibility index (Phi) is 6.29. The monoisotopic (exact) mass is 443 g/mol. The summed E-state index contributed by atoms with van der Waals surface area (Å²) in [5.41, 5.74) is 7.80. The lowest BCUT2D eigenvalue weighted by Gasteiger charge is -2.39. The highest BCUT2D eigenvalue weighted by Gasteiger charge is 2.38. The molecule has 4 rings (SSSR count). The zero-order valence-corrected chi connectivity index (χ0v) is 18.7. The second-order valence-corrected chi connectivity index (χ2v) is 9.23. The first kappa shape index (κ1) is 21.8. The molecule has 8 nitrogen and oxygen atoms in total. The number of piperazine rings is 1. The van der Waals surface area contributed by atoms with Crippen LogP contribution < -0.4 is 11.1 Å². The van der Waals surface area contributed by atoms with E-state index in [0.717, 1.165) is 40.9 Å². The Hall–Kier alpha value is -2.46. The summed E-state index contributed by atoms with van der Waals surface area (Å²) in [5.74, 6) is 0.400. The molecule has 0 amide bonds. The Balaban J connectivity index is 1.52. The molecule has 9 heteroatoms. The van der Waals surface area contributed by atoms with Crippen molar-refractivity contribution in [2.75, 3.05) is 51.3 Å². The molecule has 0 aliphatic carbocycles. The molecule has 3 heterocycles. The zero-order chi connectivity index (χ0) is 22.0. The summed E-state index contributed by atoms with van der Waals surface area (Å²) < 4.78 is 5.06. The Bertz CT molecular complexity index is 983. The standard InChI is InChI=1S/C22H29N5O3S/c1-3-30-21(29)22(23,14-28)13-26-8-10-27(11-9-26)19-16-12-15(2)31-20(16)25-18-7-5-4-6-17(18)24-19/h4-7,12,25,28H,3,8-11,13-14,23H2,1-2H3. The molecule has 1 aromatic heterocycles. The predicted octanol–water partition coefficient (Wildman–Crippen LogP) is 2.06. The number of para-hydroxylation sites is 2. The first-order valence-electron chi connectivity index (χ1n) is 10.5. The fourth-order valence-electron chi connectivity index (χ4n) is 3.96. The maximum absolute atomic E-state index is 12.2. The first-order chi connectivity index (χ1) is 14.9. The van der Waals surface area contributed by atoms with Crippen molar-refractivity contribution in [1.29, 1.82) is 0 Å². The number of hydrogen-bond donors (Lipinski definition) is 3. The third-order valence-corrected chi connectivity index (χ3v) is 6.58. The lowest BCUT2D eigenvalue weighted by atomic mass is 10.0. The summed E-state index contributed by atoms with van der Waals surface area (Å²) in [6.45, 7) is 6.82. The molecule has 166 valence electrons. The van der Waals surface area contributed by atoms with E-state index in [4.69, 9.17) is 15.5 Å². The number of nitrogens with zero attached hydrogens (tertiary/aromatic N) is 3. The van der Waals surface area contributed by atoms with Crippen LogP contribution in [-0.4, -0.2) is 78.2 Å². The molecule has 2 aliphatic rings. The Morgan fingerprint density at radius 2 is 2.06 bits per heavy atom. The van der Waals surface area contributed by atoms with E-state index in [2.05, 4.69) is 28.1 Å². The molecular formula is C22H29N5O3S. The normalized spacial score (nSPS) is 18.2. The van der Waals surface area contributed by atoms with Crippen molar-refractivity contribution >= 4 is 39.5 Å². The summed E-state index contributed by atoms with van der Waals surface area (Å²) in [4.78, 5) is 22.8. The van der Waals surface area contributed by atoms with Crippen molar-refractivity contribution in [1.82, 2.24) is 9.80 Å². The van der Waals surface area contributed by atoms with E-state index in [1.807, 2.05) is 24.3 Å². The number of hydrogen-bond acceptors (Lipinski definition) is 9. The Morgan fingerprint density at radius 1 is 1.32 bits per heavy atom. The van der Waals surface area contributed by atoms with E-state index in [1.165, 1.54) is 4.88 Å². The number of ether oxygens (including phenoxy) is 1. The Labute approximate surface area is 186 Å². The largest absolute Gasteiger partial charge is 0.465 e. The van der Waals surface area contributed by atoms with E-state index in [-0.39, 0.29) is 13.2 Å². The summed E-state index contributed by atoms with van der Waals surface area (Å²) in [6, 6.07) is 10.3. The first-order valence-corrected chi connectivity index (χ1v) is 11.3. The van der Waals surface area contributed by atoms with Crippen molar-refractivity contribution < 1.29 is 14.6 Å². The summed E-state index contributed by atoms with van der Waals surface area (Å²) in [7, 11) is 0. The van der Waals surface area contributed by atoms with Gasteiger partial charge in [0.1, 0.15) is 10.8 Å². The average Bonchev–Trinajstić information content (AvgIpc) is 3.06. The molecular weight excluding hydrogens is 414 g/mol. The molecule has 1 saturated heterocycles. The van der Waals surface area contributed by atoms with Crippen LogP contribution >= 0.6 is 11.3 Å². The molecule has 1 atom stereocenters. The van der Waals surface area contributed by atoms with Crippen LogP contribution in [0.4, 0.5) is 16.4 Å². The number of fused-ring (bicyclic) bond motifs is 2. The minimum atomic E-state index is -1.40.